The Kier molecular flexibility index (Phi) is 3.83. The van der Waals surface area contributed by atoms with Crippen LogP contribution >= 0.6 is 0 Å². The highest BCUT2D eigenvalue weighted by Gasteiger charge is 2.18. The van der Waals surface area contributed by atoms with Crippen LogP contribution in [0.4, 0.5) is 0 Å². The van der Waals surface area contributed by atoms with E-state index in [4.69, 9.17) is 4.98 Å². The monoisotopic (exact) mass is 343 g/mol. The number of fused-ring (bicyclic) bond motifs is 1. The molecule has 0 aliphatic heterocycles. The Morgan fingerprint density at radius 2 is 1.81 bits per heavy atom. The second-order valence-electron chi connectivity index (χ2n) is 6.99. The van der Waals surface area contributed by atoms with E-state index in [-0.39, 0.29) is 0 Å². The average molecular weight is 343 g/mol. The van der Waals surface area contributed by atoms with Crippen LogP contribution in [0.5, 0.6) is 0 Å². The second kappa shape index (κ2) is 6.06. The standard InChI is InChI=1S/C22H23N4/c1-14-11-15(2)21-19(12-14)26(5)22(24-21)18-8-6-7-17(16(18)3)20-13-23-9-10-25(20)4/h6-13H,1-5H3/q+1. The molecule has 130 valence electrons. The summed E-state index contributed by atoms with van der Waals surface area (Å²) in [6, 6.07) is 10.8. The summed E-state index contributed by atoms with van der Waals surface area (Å²) in [6.45, 7) is 6.42. The van der Waals surface area contributed by atoms with E-state index in [9.17, 15) is 0 Å². The van der Waals surface area contributed by atoms with Crippen molar-refractivity contribution in [2.75, 3.05) is 0 Å². The molecule has 0 fully saturated rings. The third-order valence-electron chi connectivity index (χ3n) is 5.13. The van der Waals surface area contributed by atoms with Crippen molar-refractivity contribution in [3.63, 3.8) is 0 Å². The molecule has 0 saturated heterocycles. The van der Waals surface area contributed by atoms with E-state index in [1.54, 1.807) is 6.20 Å². The number of aryl methyl sites for hydroxylation is 4. The van der Waals surface area contributed by atoms with E-state index in [1.165, 1.54) is 27.8 Å². The Morgan fingerprint density at radius 3 is 2.58 bits per heavy atom. The molecule has 0 aliphatic rings. The first-order chi connectivity index (χ1) is 12.5. The zero-order valence-electron chi connectivity index (χ0n) is 15.9. The molecular weight excluding hydrogens is 320 g/mol. The number of aromatic nitrogens is 4. The number of imidazole rings is 1. The smallest absolute Gasteiger partial charge is 0.231 e. The summed E-state index contributed by atoms with van der Waals surface area (Å²) in [6.07, 6.45) is 5.69. The topological polar surface area (TPSA) is 34.6 Å². The molecule has 2 aromatic heterocycles. The van der Waals surface area contributed by atoms with Crippen molar-refractivity contribution < 1.29 is 4.57 Å². The van der Waals surface area contributed by atoms with Crippen LogP contribution in [0, 0.1) is 20.8 Å². The predicted molar refractivity (Wildman–Crippen MR) is 105 cm³/mol. The molecule has 4 nitrogen and oxygen atoms in total. The van der Waals surface area contributed by atoms with Crippen LogP contribution in [0.15, 0.2) is 48.9 Å². The SMILES string of the molecule is Cc1cc(C)c2nc(-c3cccc(-c4cncc[n+]4C)c3C)n(C)c2c1. The fourth-order valence-corrected chi connectivity index (χ4v) is 3.71. The Morgan fingerprint density at radius 1 is 1.04 bits per heavy atom. The number of hydrogen-bond donors (Lipinski definition) is 0. The van der Waals surface area contributed by atoms with Crippen LogP contribution in [0.3, 0.4) is 0 Å². The normalized spacial score (nSPS) is 11.3. The van der Waals surface area contributed by atoms with Crippen LogP contribution in [0.2, 0.25) is 0 Å². The van der Waals surface area contributed by atoms with Crippen LogP contribution in [0.1, 0.15) is 16.7 Å². The zero-order chi connectivity index (χ0) is 18.4. The predicted octanol–water partition coefficient (Wildman–Crippen LogP) is 4.05. The van der Waals surface area contributed by atoms with Crippen molar-refractivity contribution in [1.82, 2.24) is 14.5 Å². The van der Waals surface area contributed by atoms with Gasteiger partial charge in [-0.05, 0) is 49.6 Å². The van der Waals surface area contributed by atoms with Crippen LogP contribution in [-0.2, 0) is 14.1 Å². The summed E-state index contributed by atoms with van der Waals surface area (Å²) >= 11 is 0. The van der Waals surface area contributed by atoms with Crippen molar-refractivity contribution in [2.24, 2.45) is 14.1 Å². The Hall–Kier alpha value is -3.01. The van der Waals surface area contributed by atoms with Crippen LogP contribution in [0.25, 0.3) is 33.7 Å². The van der Waals surface area contributed by atoms with Crippen molar-refractivity contribution in [1.29, 1.82) is 0 Å². The lowest BCUT2D eigenvalue weighted by atomic mass is 9.99. The van der Waals surface area contributed by atoms with Gasteiger partial charge in [-0.3, -0.25) is 4.98 Å². The molecule has 26 heavy (non-hydrogen) atoms. The fraction of sp³-hybridized carbons (Fsp3) is 0.227. The van der Waals surface area contributed by atoms with Gasteiger partial charge in [-0.25, -0.2) is 4.98 Å². The van der Waals surface area contributed by atoms with Crippen LogP contribution < -0.4 is 4.57 Å². The van der Waals surface area contributed by atoms with E-state index >= 15 is 0 Å². The molecule has 0 N–H and O–H groups in total. The highest BCUT2D eigenvalue weighted by molar-refractivity contribution is 5.85. The van der Waals surface area contributed by atoms with Gasteiger partial charge in [0, 0.05) is 12.6 Å². The number of rotatable bonds is 2. The largest absolute Gasteiger partial charge is 0.327 e. The molecule has 0 unspecified atom stereocenters. The van der Waals surface area contributed by atoms with Gasteiger partial charge in [0.15, 0.2) is 6.20 Å². The molecule has 4 aromatic rings. The van der Waals surface area contributed by atoms with Gasteiger partial charge in [-0.2, -0.15) is 4.57 Å². The summed E-state index contributed by atoms with van der Waals surface area (Å²) < 4.78 is 4.30. The van der Waals surface area contributed by atoms with Crippen molar-refractivity contribution in [3.05, 3.63) is 65.6 Å². The molecule has 4 rings (SSSR count). The third-order valence-corrected chi connectivity index (χ3v) is 5.13. The molecule has 0 spiro atoms. The maximum Gasteiger partial charge on any atom is 0.231 e. The second-order valence-corrected chi connectivity index (χ2v) is 6.99. The number of benzene rings is 2. The van der Waals surface area contributed by atoms with E-state index in [0.29, 0.717) is 0 Å². The molecule has 0 bridgehead atoms. The first-order valence-corrected chi connectivity index (χ1v) is 8.81. The summed E-state index contributed by atoms with van der Waals surface area (Å²) in [4.78, 5) is 9.28. The minimum atomic E-state index is 1.000. The van der Waals surface area contributed by atoms with Gasteiger partial charge < -0.3 is 4.57 Å². The molecule has 0 atom stereocenters. The molecule has 4 heteroatoms. The van der Waals surface area contributed by atoms with E-state index in [2.05, 4.69) is 72.3 Å². The minimum absolute atomic E-state index is 1.000. The summed E-state index contributed by atoms with van der Waals surface area (Å²) in [5.41, 5.74) is 9.37. The molecule has 2 aromatic carbocycles. The van der Waals surface area contributed by atoms with Gasteiger partial charge in [0.25, 0.3) is 0 Å². The van der Waals surface area contributed by atoms with Crippen LogP contribution in [-0.4, -0.2) is 14.5 Å². The van der Waals surface area contributed by atoms with Crippen molar-refractivity contribution >= 4 is 11.0 Å². The van der Waals surface area contributed by atoms with Gasteiger partial charge in [0.05, 0.1) is 29.0 Å². The first-order valence-electron chi connectivity index (χ1n) is 8.81. The molecular formula is C22H23N4+. The zero-order valence-corrected chi connectivity index (χ0v) is 15.9. The highest BCUT2D eigenvalue weighted by atomic mass is 15.1. The lowest BCUT2D eigenvalue weighted by molar-refractivity contribution is -0.660. The van der Waals surface area contributed by atoms with E-state index in [1.807, 2.05) is 19.4 Å². The first kappa shape index (κ1) is 16.5. The molecule has 0 aliphatic carbocycles. The lowest BCUT2D eigenvalue weighted by Crippen LogP contribution is -2.30. The molecule has 0 radical (unpaired) electrons. The summed E-state index contributed by atoms with van der Waals surface area (Å²) in [5, 5.41) is 0. The minimum Gasteiger partial charge on any atom is -0.327 e. The van der Waals surface area contributed by atoms with Gasteiger partial charge >= 0.3 is 0 Å². The van der Waals surface area contributed by atoms with Crippen molar-refractivity contribution in [3.8, 4) is 22.6 Å². The highest BCUT2D eigenvalue weighted by Crippen LogP contribution is 2.32. The van der Waals surface area contributed by atoms with Gasteiger partial charge in [-0.15, -0.1) is 0 Å². The number of hydrogen-bond acceptors (Lipinski definition) is 2. The maximum atomic E-state index is 4.98. The number of nitrogens with zero attached hydrogens (tertiary/aromatic N) is 4. The van der Waals surface area contributed by atoms with E-state index < -0.39 is 0 Å². The third kappa shape index (κ3) is 2.49. The van der Waals surface area contributed by atoms with E-state index in [0.717, 1.165) is 22.6 Å². The molecule has 0 amide bonds. The Balaban J connectivity index is 1.97. The quantitative estimate of drug-likeness (QED) is 0.515. The van der Waals surface area contributed by atoms with Crippen molar-refractivity contribution in [2.45, 2.75) is 20.8 Å². The van der Waals surface area contributed by atoms with Gasteiger partial charge in [0.1, 0.15) is 12.9 Å². The van der Waals surface area contributed by atoms with Gasteiger partial charge in [-0.1, -0.05) is 18.2 Å². The molecule has 0 saturated carbocycles. The van der Waals surface area contributed by atoms with Gasteiger partial charge in [0.2, 0.25) is 5.69 Å². The summed E-state index contributed by atoms with van der Waals surface area (Å²) in [5.74, 6) is 1.000. The Labute approximate surface area is 153 Å². The lowest BCUT2D eigenvalue weighted by Gasteiger charge is -2.10. The molecule has 2 heterocycles. The maximum absolute atomic E-state index is 4.98. The fourth-order valence-electron chi connectivity index (χ4n) is 3.71. The average Bonchev–Trinajstić information content (AvgIpc) is 2.93. The summed E-state index contributed by atoms with van der Waals surface area (Å²) in [7, 11) is 4.14. The Bertz CT molecular complexity index is 1140.